The maximum Gasteiger partial charge on any atom is 0.307 e. The molecule has 0 saturated heterocycles. The van der Waals surface area contributed by atoms with E-state index in [0.717, 1.165) is 0 Å². The Labute approximate surface area is 99.0 Å². The Kier molecular flexibility index (Phi) is 4.62. The van der Waals surface area contributed by atoms with Crippen LogP contribution in [-0.2, 0) is 21.2 Å². The van der Waals surface area contributed by atoms with Crippen molar-refractivity contribution >= 4 is 16.0 Å². The van der Waals surface area contributed by atoms with Gasteiger partial charge in [-0.15, -0.1) is 0 Å². The molecule has 0 aromatic heterocycles. The first-order chi connectivity index (χ1) is 7.95. The van der Waals surface area contributed by atoms with Crippen molar-refractivity contribution in [2.24, 2.45) is 0 Å². The quantitative estimate of drug-likeness (QED) is 0.644. The van der Waals surface area contributed by atoms with Gasteiger partial charge in [-0.3, -0.25) is 4.79 Å². The first-order valence-corrected chi connectivity index (χ1v) is 6.35. The molecule has 6 nitrogen and oxygen atoms in total. The summed E-state index contributed by atoms with van der Waals surface area (Å²) in [6.07, 6.45) is -0.148. The molecule has 0 amide bonds. The monoisotopic (exact) mass is 259 g/mol. The minimum Gasteiger partial charge on any atom is -0.481 e. The van der Waals surface area contributed by atoms with Gasteiger partial charge in [0.1, 0.15) is 0 Å². The van der Waals surface area contributed by atoms with Gasteiger partial charge in [0.25, 0.3) is 0 Å². The van der Waals surface area contributed by atoms with E-state index in [1.54, 1.807) is 0 Å². The van der Waals surface area contributed by atoms with E-state index in [9.17, 15) is 13.2 Å². The van der Waals surface area contributed by atoms with Gasteiger partial charge in [-0.25, -0.2) is 13.1 Å². The summed E-state index contributed by atoms with van der Waals surface area (Å²) in [5, 5.41) is 17.1. The number of carboxylic acid groups (broad SMARTS) is 1. The zero-order valence-electron chi connectivity index (χ0n) is 8.96. The SMILES string of the molecule is O=C(O)Cc1ccc(S(=O)(=O)NCCO)cc1. The molecule has 17 heavy (non-hydrogen) atoms. The molecule has 0 aliphatic carbocycles. The van der Waals surface area contributed by atoms with Crippen LogP contribution in [0.25, 0.3) is 0 Å². The number of rotatable bonds is 6. The number of benzene rings is 1. The Bertz CT molecular complexity index is 480. The van der Waals surface area contributed by atoms with E-state index in [0.29, 0.717) is 5.56 Å². The van der Waals surface area contributed by atoms with E-state index in [4.69, 9.17) is 10.2 Å². The van der Waals surface area contributed by atoms with Gasteiger partial charge >= 0.3 is 5.97 Å². The highest BCUT2D eigenvalue weighted by atomic mass is 32.2. The molecule has 0 heterocycles. The maximum atomic E-state index is 11.6. The first-order valence-electron chi connectivity index (χ1n) is 4.87. The Morgan fingerprint density at radius 2 is 1.82 bits per heavy atom. The van der Waals surface area contributed by atoms with E-state index in [1.165, 1.54) is 24.3 Å². The number of hydrogen-bond acceptors (Lipinski definition) is 4. The first kappa shape index (κ1) is 13.6. The lowest BCUT2D eigenvalue weighted by Crippen LogP contribution is -2.26. The van der Waals surface area contributed by atoms with E-state index in [1.807, 2.05) is 0 Å². The van der Waals surface area contributed by atoms with Crippen molar-refractivity contribution < 1.29 is 23.4 Å². The van der Waals surface area contributed by atoms with Gasteiger partial charge in [0.05, 0.1) is 17.9 Å². The number of sulfonamides is 1. The molecular weight excluding hydrogens is 246 g/mol. The number of aliphatic carboxylic acids is 1. The fraction of sp³-hybridized carbons (Fsp3) is 0.300. The average molecular weight is 259 g/mol. The second kappa shape index (κ2) is 5.76. The molecule has 0 bridgehead atoms. The molecule has 0 radical (unpaired) electrons. The summed E-state index contributed by atoms with van der Waals surface area (Å²) in [6, 6.07) is 5.55. The van der Waals surface area contributed by atoms with Crippen LogP contribution in [-0.4, -0.2) is 37.8 Å². The molecular formula is C10H13NO5S. The second-order valence-electron chi connectivity index (χ2n) is 3.34. The van der Waals surface area contributed by atoms with Gasteiger partial charge in [-0.1, -0.05) is 12.1 Å². The average Bonchev–Trinajstić information content (AvgIpc) is 2.26. The predicted octanol–water partition coefficient (Wildman–Crippen LogP) is -0.416. The van der Waals surface area contributed by atoms with Crippen molar-refractivity contribution in [1.29, 1.82) is 0 Å². The predicted molar refractivity (Wildman–Crippen MR) is 60.1 cm³/mol. The summed E-state index contributed by atoms with van der Waals surface area (Å²) >= 11 is 0. The van der Waals surface area contributed by atoms with Crippen molar-refractivity contribution in [1.82, 2.24) is 4.72 Å². The van der Waals surface area contributed by atoms with Crippen molar-refractivity contribution in [2.75, 3.05) is 13.2 Å². The number of hydrogen-bond donors (Lipinski definition) is 3. The van der Waals surface area contributed by atoms with Gasteiger partial charge in [0.15, 0.2) is 0 Å². The topological polar surface area (TPSA) is 104 Å². The van der Waals surface area contributed by atoms with Gasteiger partial charge in [-0.05, 0) is 17.7 Å². The molecule has 0 fully saturated rings. The lowest BCUT2D eigenvalue weighted by atomic mass is 10.2. The number of nitrogens with one attached hydrogen (secondary N) is 1. The van der Waals surface area contributed by atoms with Crippen LogP contribution in [0.15, 0.2) is 29.2 Å². The molecule has 3 N–H and O–H groups in total. The van der Waals surface area contributed by atoms with Crippen molar-refractivity contribution in [3.63, 3.8) is 0 Å². The molecule has 1 aromatic carbocycles. The van der Waals surface area contributed by atoms with E-state index in [2.05, 4.69) is 4.72 Å². The van der Waals surface area contributed by atoms with Crippen molar-refractivity contribution in [3.8, 4) is 0 Å². The summed E-state index contributed by atoms with van der Waals surface area (Å²) in [7, 11) is -3.63. The number of carboxylic acids is 1. The number of aliphatic hydroxyl groups excluding tert-OH is 1. The van der Waals surface area contributed by atoms with E-state index < -0.39 is 16.0 Å². The van der Waals surface area contributed by atoms with Gasteiger partial charge in [0, 0.05) is 6.54 Å². The minimum atomic E-state index is -3.63. The van der Waals surface area contributed by atoms with Crippen LogP contribution in [0.1, 0.15) is 5.56 Å². The zero-order chi connectivity index (χ0) is 12.9. The molecule has 0 unspecified atom stereocenters. The molecule has 0 aliphatic heterocycles. The molecule has 0 saturated carbocycles. The van der Waals surface area contributed by atoms with Crippen molar-refractivity contribution in [3.05, 3.63) is 29.8 Å². The lowest BCUT2D eigenvalue weighted by molar-refractivity contribution is -0.136. The van der Waals surface area contributed by atoms with Crippen molar-refractivity contribution in [2.45, 2.75) is 11.3 Å². The third-order valence-corrected chi connectivity index (χ3v) is 3.47. The van der Waals surface area contributed by atoms with E-state index >= 15 is 0 Å². The Morgan fingerprint density at radius 1 is 1.24 bits per heavy atom. The Hall–Kier alpha value is -1.44. The summed E-state index contributed by atoms with van der Waals surface area (Å²) in [5.41, 5.74) is 0.526. The normalized spacial score (nSPS) is 11.4. The fourth-order valence-electron chi connectivity index (χ4n) is 1.22. The highest BCUT2D eigenvalue weighted by Crippen LogP contribution is 2.10. The number of carbonyl (C=O) groups is 1. The highest BCUT2D eigenvalue weighted by Gasteiger charge is 2.12. The van der Waals surface area contributed by atoms with Crippen LogP contribution in [0.2, 0.25) is 0 Å². The second-order valence-corrected chi connectivity index (χ2v) is 5.10. The highest BCUT2D eigenvalue weighted by molar-refractivity contribution is 7.89. The summed E-state index contributed by atoms with van der Waals surface area (Å²) < 4.78 is 25.4. The third-order valence-electron chi connectivity index (χ3n) is 1.99. The van der Waals surface area contributed by atoms with Crippen LogP contribution >= 0.6 is 0 Å². The van der Waals surface area contributed by atoms with E-state index in [-0.39, 0.29) is 24.5 Å². The zero-order valence-corrected chi connectivity index (χ0v) is 9.77. The Morgan fingerprint density at radius 3 is 2.29 bits per heavy atom. The van der Waals surface area contributed by atoms with Crippen LogP contribution in [0.5, 0.6) is 0 Å². The third kappa shape index (κ3) is 4.14. The van der Waals surface area contributed by atoms with Crippen LogP contribution in [0, 0.1) is 0 Å². The lowest BCUT2D eigenvalue weighted by Gasteiger charge is -2.05. The molecule has 94 valence electrons. The number of aliphatic hydroxyl groups is 1. The largest absolute Gasteiger partial charge is 0.481 e. The van der Waals surface area contributed by atoms with Crippen LogP contribution in [0.4, 0.5) is 0 Å². The Balaban J connectivity index is 2.83. The molecule has 1 aromatic rings. The van der Waals surface area contributed by atoms with Crippen LogP contribution < -0.4 is 4.72 Å². The van der Waals surface area contributed by atoms with Gasteiger partial charge in [-0.2, -0.15) is 0 Å². The standard InChI is InChI=1S/C10H13NO5S/c12-6-5-11-17(15,16)9-3-1-8(2-4-9)7-10(13)14/h1-4,11-12H,5-7H2,(H,13,14). The summed E-state index contributed by atoms with van der Waals surface area (Å²) in [6.45, 7) is -0.338. The summed E-state index contributed by atoms with van der Waals surface area (Å²) in [5.74, 6) is -0.973. The smallest absolute Gasteiger partial charge is 0.307 e. The molecule has 0 spiro atoms. The molecule has 7 heteroatoms. The molecule has 0 aliphatic rings. The minimum absolute atomic E-state index is 0.0417. The molecule has 0 atom stereocenters. The fourth-order valence-corrected chi connectivity index (χ4v) is 2.25. The van der Waals surface area contributed by atoms with Crippen LogP contribution in [0.3, 0.4) is 0 Å². The summed E-state index contributed by atoms with van der Waals surface area (Å²) in [4.78, 5) is 10.5. The molecule has 1 rings (SSSR count). The van der Waals surface area contributed by atoms with Gasteiger partial charge < -0.3 is 10.2 Å². The van der Waals surface area contributed by atoms with Gasteiger partial charge in [0.2, 0.25) is 10.0 Å². The maximum absolute atomic E-state index is 11.6.